The summed E-state index contributed by atoms with van der Waals surface area (Å²) in [5, 5.41) is 8.80. The lowest BCUT2D eigenvalue weighted by molar-refractivity contribution is -0.132. The molecule has 0 aromatic rings. The zero-order valence-corrected chi connectivity index (χ0v) is 9.27. The molecule has 1 N–H and O–H groups in total. The third kappa shape index (κ3) is 4.87. The van der Waals surface area contributed by atoms with Crippen LogP contribution in [-0.4, -0.2) is 11.1 Å². The van der Waals surface area contributed by atoms with Crippen LogP contribution < -0.4 is 0 Å². The van der Waals surface area contributed by atoms with Crippen LogP contribution in [0.15, 0.2) is 34.9 Å². The van der Waals surface area contributed by atoms with Crippen LogP contribution in [-0.2, 0) is 4.79 Å². The fraction of sp³-hybridized carbons (Fsp3) is 0.364. The maximum Gasteiger partial charge on any atom is 0.337 e. The smallest absolute Gasteiger partial charge is 0.337 e. The van der Waals surface area contributed by atoms with Crippen molar-refractivity contribution in [2.24, 2.45) is 0 Å². The number of hydrogen-bond acceptors (Lipinski definition) is 1. The van der Waals surface area contributed by atoms with E-state index in [0.717, 1.165) is 18.4 Å². The summed E-state index contributed by atoms with van der Waals surface area (Å²) in [6.45, 7) is 7.41. The van der Waals surface area contributed by atoms with Gasteiger partial charge in [0.15, 0.2) is 0 Å². The summed E-state index contributed by atoms with van der Waals surface area (Å²) in [6.07, 6.45) is 5.25. The molecule has 0 rings (SSSR count). The molecule has 0 aliphatic carbocycles. The SMILES string of the molecule is C=C(Cl)/C(=C\C=C(\C)CCC)C(=O)O. The molecule has 14 heavy (non-hydrogen) atoms. The molecule has 0 bridgehead atoms. The van der Waals surface area contributed by atoms with Crippen molar-refractivity contribution in [2.45, 2.75) is 26.7 Å². The highest BCUT2D eigenvalue weighted by molar-refractivity contribution is 6.34. The molecule has 0 aromatic heterocycles. The molecule has 0 amide bonds. The summed E-state index contributed by atoms with van der Waals surface area (Å²) < 4.78 is 0. The first-order valence-electron chi connectivity index (χ1n) is 4.44. The largest absolute Gasteiger partial charge is 0.478 e. The zero-order valence-electron chi connectivity index (χ0n) is 8.51. The van der Waals surface area contributed by atoms with Gasteiger partial charge in [0.1, 0.15) is 0 Å². The molecule has 2 nitrogen and oxygen atoms in total. The predicted molar refractivity (Wildman–Crippen MR) is 59.4 cm³/mol. The van der Waals surface area contributed by atoms with Crippen LogP contribution in [0.4, 0.5) is 0 Å². The van der Waals surface area contributed by atoms with Crippen molar-refractivity contribution in [2.75, 3.05) is 0 Å². The quantitative estimate of drug-likeness (QED) is 0.562. The van der Waals surface area contributed by atoms with Gasteiger partial charge >= 0.3 is 5.97 Å². The minimum atomic E-state index is -1.05. The molecule has 0 radical (unpaired) electrons. The summed E-state index contributed by atoms with van der Waals surface area (Å²) in [5.41, 5.74) is 1.17. The zero-order chi connectivity index (χ0) is 11.1. The van der Waals surface area contributed by atoms with Crippen molar-refractivity contribution in [3.8, 4) is 0 Å². The molecule has 0 saturated heterocycles. The predicted octanol–water partition coefficient (Wildman–Crippen LogP) is 3.50. The topological polar surface area (TPSA) is 37.3 Å². The van der Waals surface area contributed by atoms with Gasteiger partial charge in [0, 0.05) is 5.03 Å². The Morgan fingerprint density at radius 3 is 2.43 bits per heavy atom. The molecule has 78 valence electrons. The van der Waals surface area contributed by atoms with Crippen LogP contribution in [0.2, 0.25) is 0 Å². The molecule has 0 spiro atoms. The number of aliphatic carboxylic acids is 1. The van der Waals surface area contributed by atoms with Crippen molar-refractivity contribution < 1.29 is 9.90 Å². The number of rotatable bonds is 5. The van der Waals surface area contributed by atoms with Crippen LogP contribution in [0.5, 0.6) is 0 Å². The molecule has 0 aromatic carbocycles. The van der Waals surface area contributed by atoms with Gasteiger partial charge in [-0.25, -0.2) is 4.79 Å². The fourth-order valence-corrected chi connectivity index (χ4v) is 1.12. The van der Waals surface area contributed by atoms with Crippen molar-refractivity contribution in [1.82, 2.24) is 0 Å². The second-order valence-electron chi connectivity index (χ2n) is 3.05. The van der Waals surface area contributed by atoms with Crippen molar-refractivity contribution in [3.63, 3.8) is 0 Å². The molecule has 0 unspecified atom stereocenters. The minimum absolute atomic E-state index is 0.0436. The number of hydrogen-bond donors (Lipinski definition) is 1. The average Bonchev–Trinajstić information content (AvgIpc) is 2.03. The van der Waals surface area contributed by atoms with E-state index in [1.165, 1.54) is 6.08 Å². The van der Waals surface area contributed by atoms with E-state index >= 15 is 0 Å². The van der Waals surface area contributed by atoms with Gasteiger partial charge in [0.25, 0.3) is 0 Å². The van der Waals surface area contributed by atoms with Gasteiger partial charge in [-0.1, -0.05) is 43.2 Å². The highest BCUT2D eigenvalue weighted by atomic mass is 35.5. The van der Waals surface area contributed by atoms with Gasteiger partial charge in [0.2, 0.25) is 0 Å². The Morgan fingerprint density at radius 2 is 2.07 bits per heavy atom. The van der Waals surface area contributed by atoms with Gasteiger partial charge in [0.05, 0.1) is 5.57 Å². The summed E-state index contributed by atoms with van der Waals surface area (Å²) in [5.74, 6) is -1.05. The summed E-state index contributed by atoms with van der Waals surface area (Å²) in [6, 6.07) is 0. The second-order valence-corrected chi connectivity index (χ2v) is 3.51. The van der Waals surface area contributed by atoms with Gasteiger partial charge < -0.3 is 5.11 Å². The lowest BCUT2D eigenvalue weighted by Gasteiger charge is -1.98. The van der Waals surface area contributed by atoms with Crippen molar-refractivity contribution in [3.05, 3.63) is 34.9 Å². The van der Waals surface area contributed by atoms with E-state index in [0.29, 0.717) is 0 Å². The van der Waals surface area contributed by atoms with E-state index < -0.39 is 5.97 Å². The molecule has 0 fully saturated rings. The number of halogens is 1. The van der Waals surface area contributed by atoms with E-state index in [-0.39, 0.29) is 10.6 Å². The molecular formula is C11H15ClO2. The van der Waals surface area contributed by atoms with E-state index in [1.54, 1.807) is 6.08 Å². The second kappa shape index (κ2) is 6.44. The van der Waals surface area contributed by atoms with Crippen molar-refractivity contribution in [1.29, 1.82) is 0 Å². The van der Waals surface area contributed by atoms with E-state index in [9.17, 15) is 4.79 Å². The molecule has 0 aliphatic rings. The first-order valence-corrected chi connectivity index (χ1v) is 4.82. The van der Waals surface area contributed by atoms with Crippen molar-refractivity contribution >= 4 is 17.6 Å². The number of carboxylic acids is 1. The van der Waals surface area contributed by atoms with Crippen LogP contribution in [0.3, 0.4) is 0 Å². The Bertz CT molecular complexity index is 272. The Kier molecular flexibility index (Phi) is 5.97. The molecular weight excluding hydrogens is 200 g/mol. The number of carbonyl (C=O) groups is 1. The van der Waals surface area contributed by atoms with E-state index in [1.807, 2.05) is 6.92 Å². The van der Waals surface area contributed by atoms with Crippen LogP contribution >= 0.6 is 11.6 Å². The molecule has 0 atom stereocenters. The van der Waals surface area contributed by atoms with Gasteiger partial charge in [-0.3, -0.25) is 0 Å². The maximum absolute atomic E-state index is 10.7. The standard InChI is InChI=1S/C11H15ClO2/c1-4-5-8(2)6-7-10(9(3)12)11(13)14/h6-7H,3-5H2,1-2H3,(H,13,14)/b8-6-,10-7+. The monoisotopic (exact) mass is 214 g/mol. The third-order valence-electron chi connectivity index (χ3n) is 1.70. The number of carboxylic acid groups (broad SMARTS) is 1. The lowest BCUT2D eigenvalue weighted by atomic mass is 10.1. The lowest BCUT2D eigenvalue weighted by Crippen LogP contribution is -1.99. The highest BCUT2D eigenvalue weighted by Crippen LogP contribution is 2.13. The van der Waals surface area contributed by atoms with Crippen LogP contribution in [0.1, 0.15) is 26.7 Å². The molecule has 0 saturated carbocycles. The molecule has 0 aliphatic heterocycles. The molecule has 3 heteroatoms. The normalized spacial score (nSPS) is 12.8. The summed E-state index contributed by atoms with van der Waals surface area (Å²) in [7, 11) is 0. The average molecular weight is 215 g/mol. The fourth-order valence-electron chi connectivity index (χ4n) is 0.981. The number of allylic oxidation sites excluding steroid dienone is 3. The highest BCUT2D eigenvalue weighted by Gasteiger charge is 2.07. The van der Waals surface area contributed by atoms with Crippen LogP contribution in [0.25, 0.3) is 0 Å². The van der Waals surface area contributed by atoms with Gasteiger partial charge in [-0.05, 0) is 19.4 Å². The van der Waals surface area contributed by atoms with Gasteiger partial charge in [-0.2, -0.15) is 0 Å². The summed E-state index contributed by atoms with van der Waals surface area (Å²) in [4.78, 5) is 10.7. The molecule has 0 heterocycles. The third-order valence-corrected chi connectivity index (χ3v) is 1.91. The first-order chi connectivity index (χ1) is 6.49. The first kappa shape index (κ1) is 13.0. The van der Waals surface area contributed by atoms with E-state index in [2.05, 4.69) is 13.5 Å². The van der Waals surface area contributed by atoms with Gasteiger partial charge in [-0.15, -0.1) is 0 Å². The Hall–Kier alpha value is -1.02. The minimum Gasteiger partial charge on any atom is -0.478 e. The van der Waals surface area contributed by atoms with E-state index in [4.69, 9.17) is 16.7 Å². The Balaban J connectivity index is 4.68. The Morgan fingerprint density at radius 1 is 1.50 bits per heavy atom. The maximum atomic E-state index is 10.7. The Labute approximate surface area is 89.6 Å². The summed E-state index contributed by atoms with van der Waals surface area (Å²) >= 11 is 5.53. The van der Waals surface area contributed by atoms with Crippen LogP contribution in [0, 0.1) is 0 Å².